The highest BCUT2D eigenvalue weighted by atomic mass is 32.2. The first-order chi connectivity index (χ1) is 16.3. The summed E-state index contributed by atoms with van der Waals surface area (Å²) in [5, 5.41) is 2.96. The van der Waals surface area contributed by atoms with E-state index in [1.165, 1.54) is 10.4 Å². The van der Waals surface area contributed by atoms with Gasteiger partial charge >= 0.3 is 0 Å². The highest BCUT2D eigenvalue weighted by molar-refractivity contribution is 7.89. The summed E-state index contributed by atoms with van der Waals surface area (Å²) >= 11 is 0. The van der Waals surface area contributed by atoms with Gasteiger partial charge in [0.15, 0.2) is 0 Å². The maximum Gasteiger partial charge on any atom is 0.257 e. The van der Waals surface area contributed by atoms with Gasteiger partial charge in [-0.15, -0.1) is 0 Å². The number of hydrogen-bond acceptors (Lipinski definition) is 7. The Hall–Kier alpha value is -2.66. The highest BCUT2D eigenvalue weighted by Gasteiger charge is 2.29. The lowest BCUT2D eigenvalue weighted by molar-refractivity contribution is 0.0730. The average molecular weight is 489 g/mol. The SMILES string of the molecule is Cc1cc(NC(=O)c2cc(S(=O)(=O)N3CCOCC3)ccc2N2CCOCC2)ccc1N(C)C. The number of ether oxygens (including phenoxy) is 2. The van der Waals surface area contributed by atoms with Gasteiger partial charge in [0.2, 0.25) is 10.0 Å². The van der Waals surface area contributed by atoms with Gasteiger partial charge in [-0.2, -0.15) is 4.31 Å². The molecule has 2 aromatic carbocycles. The standard InChI is InChI=1S/C24H32N4O5S/c1-18-16-19(4-6-22(18)26(2)3)25-24(29)21-17-20(34(30,31)28-10-14-33-15-11-28)5-7-23(21)27-8-12-32-13-9-27/h4-7,16-17H,8-15H2,1-3H3,(H,25,29). The van der Waals surface area contributed by atoms with E-state index in [0.717, 1.165) is 11.3 Å². The summed E-state index contributed by atoms with van der Waals surface area (Å²) in [6.07, 6.45) is 0. The van der Waals surface area contributed by atoms with E-state index >= 15 is 0 Å². The topological polar surface area (TPSA) is 91.4 Å². The first-order valence-corrected chi connectivity index (χ1v) is 12.9. The normalized spacial score (nSPS) is 17.4. The largest absolute Gasteiger partial charge is 0.379 e. The van der Waals surface area contributed by atoms with E-state index in [9.17, 15) is 13.2 Å². The minimum Gasteiger partial charge on any atom is -0.379 e. The second-order valence-electron chi connectivity index (χ2n) is 8.64. The van der Waals surface area contributed by atoms with Crippen molar-refractivity contribution in [1.82, 2.24) is 4.31 Å². The fourth-order valence-electron chi connectivity index (χ4n) is 4.31. The maximum absolute atomic E-state index is 13.5. The minimum absolute atomic E-state index is 0.107. The second kappa shape index (κ2) is 10.3. The molecular formula is C24H32N4O5S. The monoisotopic (exact) mass is 488 g/mol. The lowest BCUT2D eigenvalue weighted by Crippen LogP contribution is -2.41. The summed E-state index contributed by atoms with van der Waals surface area (Å²) in [4.78, 5) is 17.6. The molecule has 2 aromatic rings. The van der Waals surface area contributed by atoms with Crippen molar-refractivity contribution in [2.75, 3.05) is 81.8 Å². The lowest BCUT2D eigenvalue weighted by Gasteiger charge is -2.31. The van der Waals surface area contributed by atoms with Crippen molar-refractivity contribution in [1.29, 1.82) is 0 Å². The number of sulfonamides is 1. The summed E-state index contributed by atoms with van der Waals surface area (Å²) in [5.74, 6) is -0.350. The number of morpholine rings is 2. The van der Waals surface area contributed by atoms with Crippen LogP contribution in [0.5, 0.6) is 0 Å². The van der Waals surface area contributed by atoms with Crippen molar-refractivity contribution in [2.45, 2.75) is 11.8 Å². The molecule has 184 valence electrons. The molecule has 4 rings (SSSR count). The van der Waals surface area contributed by atoms with Crippen LogP contribution >= 0.6 is 0 Å². The van der Waals surface area contributed by atoms with E-state index < -0.39 is 10.0 Å². The van der Waals surface area contributed by atoms with Crippen molar-refractivity contribution >= 4 is 33.0 Å². The second-order valence-corrected chi connectivity index (χ2v) is 10.6. The number of aryl methyl sites for hydroxylation is 1. The predicted molar refractivity (Wildman–Crippen MR) is 133 cm³/mol. The van der Waals surface area contributed by atoms with Crippen LogP contribution in [0.4, 0.5) is 17.1 Å². The van der Waals surface area contributed by atoms with Crippen LogP contribution in [0.3, 0.4) is 0 Å². The molecule has 0 radical (unpaired) electrons. The van der Waals surface area contributed by atoms with Crippen LogP contribution in [0.2, 0.25) is 0 Å². The van der Waals surface area contributed by atoms with Crippen molar-refractivity contribution < 1.29 is 22.7 Å². The van der Waals surface area contributed by atoms with Crippen molar-refractivity contribution in [3.63, 3.8) is 0 Å². The summed E-state index contributed by atoms with van der Waals surface area (Å²) in [6.45, 7) is 5.68. The first-order valence-electron chi connectivity index (χ1n) is 11.4. The maximum atomic E-state index is 13.5. The van der Waals surface area contributed by atoms with Crippen molar-refractivity contribution in [3.8, 4) is 0 Å². The molecule has 1 amide bonds. The van der Waals surface area contributed by atoms with E-state index in [2.05, 4.69) is 10.2 Å². The smallest absolute Gasteiger partial charge is 0.257 e. The number of anilines is 3. The molecule has 1 N–H and O–H groups in total. The fraction of sp³-hybridized carbons (Fsp3) is 0.458. The summed E-state index contributed by atoms with van der Waals surface area (Å²) in [7, 11) is 0.200. The number of nitrogens with zero attached hydrogens (tertiary/aromatic N) is 3. The van der Waals surface area contributed by atoms with E-state index in [-0.39, 0.29) is 10.8 Å². The quantitative estimate of drug-likeness (QED) is 0.666. The molecule has 0 aliphatic carbocycles. The number of hydrogen-bond donors (Lipinski definition) is 1. The molecule has 0 aromatic heterocycles. The number of nitrogens with one attached hydrogen (secondary N) is 1. The van der Waals surface area contributed by atoms with Crippen LogP contribution in [0.15, 0.2) is 41.3 Å². The Morgan fingerprint density at radius 2 is 1.59 bits per heavy atom. The summed E-state index contributed by atoms with van der Waals surface area (Å²) in [6, 6.07) is 10.5. The number of rotatable bonds is 6. The molecule has 0 unspecified atom stereocenters. The lowest BCUT2D eigenvalue weighted by atomic mass is 10.1. The van der Waals surface area contributed by atoms with Crippen LogP contribution in [-0.4, -0.2) is 85.3 Å². The van der Waals surface area contributed by atoms with Gasteiger partial charge in [-0.3, -0.25) is 4.79 Å². The molecule has 2 fully saturated rings. The first kappa shape index (κ1) is 24.5. The molecule has 2 aliphatic rings. The molecule has 34 heavy (non-hydrogen) atoms. The van der Waals surface area contributed by atoms with Gasteiger partial charge in [-0.1, -0.05) is 0 Å². The zero-order valence-corrected chi connectivity index (χ0v) is 20.7. The van der Waals surface area contributed by atoms with Crippen LogP contribution in [-0.2, 0) is 19.5 Å². The molecule has 0 bridgehead atoms. The van der Waals surface area contributed by atoms with Crippen LogP contribution < -0.4 is 15.1 Å². The molecule has 10 heteroatoms. The summed E-state index contributed by atoms with van der Waals surface area (Å²) < 4.78 is 38.7. The van der Waals surface area contributed by atoms with Crippen molar-refractivity contribution in [2.24, 2.45) is 0 Å². The minimum atomic E-state index is -3.74. The van der Waals surface area contributed by atoms with E-state index in [0.29, 0.717) is 69.5 Å². The van der Waals surface area contributed by atoms with Crippen LogP contribution in [0, 0.1) is 6.92 Å². The van der Waals surface area contributed by atoms with Gasteiger partial charge in [-0.05, 0) is 48.9 Å². The van der Waals surface area contributed by atoms with E-state index in [4.69, 9.17) is 9.47 Å². The van der Waals surface area contributed by atoms with Gasteiger partial charge in [0, 0.05) is 57.3 Å². The van der Waals surface area contributed by atoms with Gasteiger partial charge in [0.25, 0.3) is 5.91 Å². The molecule has 0 atom stereocenters. The molecule has 2 aliphatic heterocycles. The molecular weight excluding hydrogens is 456 g/mol. The van der Waals surface area contributed by atoms with Gasteiger partial charge < -0.3 is 24.6 Å². The Balaban J connectivity index is 1.68. The zero-order valence-electron chi connectivity index (χ0n) is 19.9. The Morgan fingerprint density at radius 1 is 0.941 bits per heavy atom. The molecule has 0 saturated carbocycles. The van der Waals surface area contributed by atoms with Gasteiger partial charge in [0.05, 0.1) is 36.9 Å². The Labute approximate surface area is 201 Å². The Bertz CT molecular complexity index is 1140. The molecule has 2 heterocycles. The highest BCUT2D eigenvalue weighted by Crippen LogP contribution is 2.29. The number of benzene rings is 2. The average Bonchev–Trinajstić information content (AvgIpc) is 2.84. The predicted octanol–water partition coefficient (Wildman–Crippen LogP) is 2.17. The van der Waals surface area contributed by atoms with Gasteiger partial charge in [-0.25, -0.2) is 8.42 Å². The molecule has 0 spiro atoms. The van der Waals surface area contributed by atoms with Crippen molar-refractivity contribution in [3.05, 3.63) is 47.5 Å². The number of carbonyl (C=O) groups excluding carboxylic acids is 1. The zero-order chi connectivity index (χ0) is 24.3. The third-order valence-electron chi connectivity index (χ3n) is 6.11. The summed E-state index contributed by atoms with van der Waals surface area (Å²) in [5.41, 5.74) is 3.77. The van der Waals surface area contributed by atoms with E-state index in [1.54, 1.807) is 12.1 Å². The Morgan fingerprint density at radius 3 is 2.21 bits per heavy atom. The fourth-order valence-corrected chi connectivity index (χ4v) is 5.74. The van der Waals surface area contributed by atoms with E-state index in [1.807, 2.05) is 44.1 Å². The third-order valence-corrected chi connectivity index (χ3v) is 8.00. The van der Waals surface area contributed by atoms with Crippen LogP contribution in [0.1, 0.15) is 15.9 Å². The third kappa shape index (κ3) is 5.20. The molecule has 9 nitrogen and oxygen atoms in total. The number of carbonyl (C=O) groups is 1. The van der Waals surface area contributed by atoms with Gasteiger partial charge in [0.1, 0.15) is 0 Å². The number of amides is 1. The molecule has 2 saturated heterocycles. The Kier molecular flexibility index (Phi) is 7.42. The van der Waals surface area contributed by atoms with Crippen LogP contribution in [0.25, 0.3) is 0 Å².